The summed E-state index contributed by atoms with van der Waals surface area (Å²) in [4.78, 5) is 2.49. The Morgan fingerprint density at radius 1 is 1.30 bits per heavy atom. The fourth-order valence-corrected chi connectivity index (χ4v) is 3.89. The Morgan fingerprint density at radius 2 is 2.17 bits per heavy atom. The third kappa shape index (κ3) is 3.54. The summed E-state index contributed by atoms with van der Waals surface area (Å²) in [5, 5.41) is 0. The lowest BCUT2D eigenvalue weighted by atomic mass is 9.98. The highest BCUT2D eigenvalue weighted by atomic mass is 16.6. The summed E-state index contributed by atoms with van der Waals surface area (Å²) in [6, 6.07) is 8.29. The van der Waals surface area contributed by atoms with E-state index in [1.807, 2.05) is 12.1 Å². The van der Waals surface area contributed by atoms with Crippen LogP contribution in [0.15, 0.2) is 24.3 Å². The smallest absolute Gasteiger partial charge is 0.123 e. The Kier molecular flexibility index (Phi) is 4.31. The van der Waals surface area contributed by atoms with E-state index in [0.717, 1.165) is 57.4 Å². The Balaban J connectivity index is 1.32. The third-order valence-corrected chi connectivity index (χ3v) is 5.42. The number of nitrogens with zero attached hydrogens (tertiary/aromatic N) is 1. The van der Waals surface area contributed by atoms with Crippen LogP contribution in [0, 0.1) is 5.92 Å². The first-order valence-corrected chi connectivity index (χ1v) is 8.86. The van der Waals surface area contributed by atoms with E-state index in [2.05, 4.69) is 17.0 Å². The van der Waals surface area contributed by atoms with Gasteiger partial charge in [-0.2, -0.15) is 0 Å². The number of hydrogen-bond acceptors (Lipinski definition) is 4. The second-order valence-corrected chi connectivity index (χ2v) is 7.37. The summed E-state index contributed by atoms with van der Waals surface area (Å²) >= 11 is 0. The van der Waals surface area contributed by atoms with Crippen molar-refractivity contribution in [1.82, 2.24) is 4.90 Å². The van der Waals surface area contributed by atoms with Crippen LogP contribution in [0.3, 0.4) is 0 Å². The van der Waals surface area contributed by atoms with Crippen molar-refractivity contribution in [2.24, 2.45) is 5.92 Å². The number of methoxy groups -OCH3 is 1. The lowest BCUT2D eigenvalue weighted by Gasteiger charge is -2.24. The van der Waals surface area contributed by atoms with Gasteiger partial charge in [-0.15, -0.1) is 0 Å². The van der Waals surface area contributed by atoms with Gasteiger partial charge in [0.05, 0.1) is 25.4 Å². The molecule has 2 saturated heterocycles. The molecular weight excluding hydrogens is 290 g/mol. The average Bonchev–Trinajstić information content (AvgIpc) is 3.21. The predicted molar refractivity (Wildman–Crippen MR) is 88.7 cm³/mol. The van der Waals surface area contributed by atoms with E-state index < -0.39 is 0 Å². The topological polar surface area (TPSA) is 30.9 Å². The normalized spacial score (nSPS) is 31.1. The van der Waals surface area contributed by atoms with Crippen LogP contribution in [0.5, 0.6) is 5.75 Å². The number of hydrogen-bond donors (Lipinski definition) is 0. The molecule has 1 aromatic rings. The molecule has 0 aromatic heterocycles. The summed E-state index contributed by atoms with van der Waals surface area (Å²) in [7, 11) is 1.74. The predicted octanol–water partition coefficient (Wildman–Crippen LogP) is 2.86. The highest BCUT2D eigenvalue weighted by Gasteiger charge is 2.46. The quantitative estimate of drug-likeness (QED) is 0.807. The van der Waals surface area contributed by atoms with Gasteiger partial charge in [0.25, 0.3) is 0 Å². The molecule has 4 rings (SSSR count). The lowest BCUT2D eigenvalue weighted by Crippen LogP contribution is -2.33. The van der Waals surface area contributed by atoms with Gasteiger partial charge in [0.15, 0.2) is 0 Å². The minimum atomic E-state index is 0.0240. The van der Waals surface area contributed by atoms with Gasteiger partial charge in [0, 0.05) is 38.2 Å². The zero-order valence-electron chi connectivity index (χ0n) is 14.0. The van der Waals surface area contributed by atoms with E-state index in [1.54, 1.807) is 7.11 Å². The molecule has 3 fully saturated rings. The summed E-state index contributed by atoms with van der Waals surface area (Å²) in [5.74, 6) is 1.81. The first-order valence-electron chi connectivity index (χ1n) is 8.86. The molecule has 2 heterocycles. The molecule has 0 amide bonds. The van der Waals surface area contributed by atoms with E-state index >= 15 is 0 Å². The first-order chi connectivity index (χ1) is 11.3. The third-order valence-electron chi connectivity index (χ3n) is 5.42. The van der Waals surface area contributed by atoms with Crippen molar-refractivity contribution in [2.45, 2.75) is 43.9 Å². The standard InChI is InChI=1S/C19H27NO3/c1-21-18-5-3-2-4-16(18)11-20-9-8-19(14-20)10-17(13-23-19)22-12-15-6-7-15/h2-5,15,17H,6-14H2,1H3/t17-,19+/m1/s1. The molecule has 3 aliphatic rings. The van der Waals surface area contributed by atoms with Crippen LogP contribution in [0.2, 0.25) is 0 Å². The molecule has 1 saturated carbocycles. The van der Waals surface area contributed by atoms with Crippen LogP contribution in [-0.4, -0.2) is 50.0 Å². The Morgan fingerprint density at radius 3 is 3.00 bits per heavy atom. The van der Waals surface area contributed by atoms with Crippen LogP contribution < -0.4 is 4.74 Å². The SMILES string of the molecule is COc1ccccc1CN1CC[C@]2(C[C@@H](OCC3CC3)CO2)C1. The van der Waals surface area contributed by atoms with Crippen molar-refractivity contribution < 1.29 is 14.2 Å². The van der Waals surface area contributed by atoms with E-state index in [1.165, 1.54) is 18.4 Å². The molecule has 0 unspecified atom stereocenters. The van der Waals surface area contributed by atoms with Crippen molar-refractivity contribution in [3.8, 4) is 5.75 Å². The summed E-state index contributed by atoms with van der Waals surface area (Å²) in [6.07, 6.45) is 5.19. The van der Waals surface area contributed by atoms with Crippen molar-refractivity contribution in [1.29, 1.82) is 0 Å². The Hall–Kier alpha value is -1.10. The van der Waals surface area contributed by atoms with E-state index in [4.69, 9.17) is 14.2 Å². The molecule has 0 bridgehead atoms. The summed E-state index contributed by atoms with van der Waals surface area (Å²) < 4.78 is 17.7. The van der Waals surface area contributed by atoms with Gasteiger partial charge in [-0.25, -0.2) is 0 Å². The second-order valence-electron chi connectivity index (χ2n) is 7.37. The molecule has 23 heavy (non-hydrogen) atoms. The average molecular weight is 317 g/mol. The minimum absolute atomic E-state index is 0.0240. The summed E-state index contributed by atoms with van der Waals surface area (Å²) in [5.41, 5.74) is 1.28. The Bertz CT molecular complexity index is 545. The van der Waals surface area contributed by atoms with E-state index in [9.17, 15) is 0 Å². The van der Waals surface area contributed by atoms with Gasteiger partial charge in [0.1, 0.15) is 5.75 Å². The number of para-hydroxylation sites is 1. The van der Waals surface area contributed by atoms with Crippen molar-refractivity contribution in [3.63, 3.8) is 0 Å². The summed E-state index contributed by atoms with van der Waals surface area (Å²) in [6.45, 7) is 4.74. The Labute approximate surface area is 138 Å². The second kappa shape index (κ2) is 6.42. The highest BCUT2D eigenvalue weighted by Crippen LogP contribution is 2.38. The number of likely N-dealkylation sites (tertiary alicyclic amines) is 1. The molecule has 1 spiro atoms. The van der Waals surface area contributed by atoms with Gasteiger partial charge >= 0.3 is 0 Å². The van der Waals surface area contributed by atoms with Crippen LogP contribution in [-0.2, 0) is 16.0 Å². The first kappa shape index (κ1) is 15.4. The maximum Gasteiger partial charge on any atom is 0.123 e. The van der Waals surface area contributed by atoms with Gasteiger partial charge in [-0.05, 0) is 31.2 Å². The maximum atomic E-state index is 6.19. The van der Waals surface area contributed by atoms with Crippen LogP contribution in [0.25, 0.3) is 0 Å². The number of rotatable bonds is 6. The number of ether oxygens (including phenoxy) is 3. The van der Waals surface area contributed by atoms with Crippen LogP contribution in [0.1, 0.15) is 31.2 Å². The van der Waals surface area contributed by atoms with E-state index in [-0.39, 0.29) is 5.60 Å². The van der Waals surface area contributed by atoms with Crippen LogP contribution in [0.4, 0.5) is 0 Å². The zero-order valence-corrected chi connectivity index (χ0v) is 14.0. The van der Waals surface area contributed by atoms with Crippen molar-refractivity contribution in [2.75, 3.05) is 33.4 Å². The molecule has 1 aliphatic carbocycles. The van der Waals surface area contributed by atoms with Gasteiger partial charge < -0.3 is 14.2 Å². The van der Waals surface area contributed by atoms with Crippen molar-refractivity contribution >= 4 is 0 Å². The molecule has 126 valence electrons. The molecule has 2 aliphatic heterocycles. The fraction of sp³-hybridized carbons (Fsp3) is 0.684. The van der Waals surface area contributed by atoms with Crippen molar-refractivity contribution in [3.05, 3.63) is 29.8 Å². The van der Waals surface area contributed by atoms with E-state index in [0.29, 0.717) is 6.10 Å². The molecule has 0 radical (unpaired) electrons. The monoisotopic (exact) mass is 317 g/mol. The lowest BCUT2D eigenvalue weighted by molar-refractivity contribution is 0.000826. The zero-order chi connectivity index (χ0) is 15.7. The van der Waals surface area contributed by atoms with Gasteiger partial charge in [-0.1, -0.05) is 18.2 Å². The largest absolute Gasteiger partial charge is 0.496 e. The molecule has 4 heteroatoms. The highest BCUT2D eigenvalue weighted by molar-refractivity contribution is 5.33. The molecule has 1 aromatic carbocycles. The fourth-order valence-electron chi connectivity index (χ4n) is 3.89. The molecule has 4 nitrogen and oxygen atoms in total. The molecule has 0 N–H and O–H groups in total. The minimum Gasteiger partial charge on any atom is -0.496 e. The van der Waals surface area contributed by atoms with Gasteiger partial charge in [0.2, 0.25) is 0 Å². The molecular formula is C19H27NO3. The maximum absolute atomic E-state index is 6.19. The van der Waals surface area contributed by atoms with Crippen LogP contribution >= 0.6 is 0 Å². The molecule has 2 atom stereocenters. The number of benzene rings is 1. The van der Waals surface area contributed by atoms with Gasteiger partial charge in [-0.3, -0.25) is 4.90 Å².